The van der Waals surface area contributed by atoms with E-state index in [9.17, 15) is 0 Å². The van der Waals surface area contributed by atoms with Gasteiger partial charge in [-0.15, -0.1) is 12.4 Å². The molecule has 1 aliphatic rings. The second-order valence-electron chi connectivity index (χ2n) is 4.61. The van der Waals surface area contributed by atoms with Crippen molar-refractivity contribution in [3.05, 3.63) is 33.4 Å². The van der Waals surface area contributed by atoms with E-state index in [0.29, 0.717) is 6.04 Å². The lowest BCUT2D eigenvalue weighted by atomic mass is 10.0. The molecule has 1 atom stereocenters. The molecule has 1 fully saturated rings. The summed E-state index contributed by atoms with van der Waals surface area (Å²) in [5.41, 5.74) is 1.27. The molecule has 1 aromatic rings. The van der Waals surface area contributed by atoms with Gasteiger partial charge in [0, 0.05) is 16.2 Å². The second kappa shape index (κ2) is 9.13. The zero-order valence-electron chi connectivity index (χ0n) is 10.5. The van der Waals surface area contributed by atoms with Crippen LogP contribution >= 0.6 is 35.0 Å². The fourth-order valence-corrected chi connectivity index (χ4v) is 2.53. The van der Waals surface area contributed by atoms with E-state index in [2.05, 4.69) is 52.2 Å². The van der Waals surface area contributed by atoms with Crippen molar-refractivity contribution in [3.8, 4) is 0 Å². The molecule has 2 rings (SSSR count). The summed E-state index contributed by atoms with van der Waals surface area (Å²) in [6, 6.07) is 9.21. The summed E-state index contributed by atoms with van der Waals surface area (Å²) >= 11 is 2.32. The average molecular weight is 382 g/mol. The zero-order chi connectivity index (χ0) is 11.9. The van der Waals surface area contributed by atoms with Crippen molar-refractivity contribution in [1.82, 2.24) is 5.32 Å². The minimum Gasteiger partial charge on any atom is -0.377 e. The molecule has 1 N–H and O–H groups in total. The summed E-state index contributed by atoms with van der Waals surface area (Å²) < 4.78 is 7.00. The Bertz CT molecular complexity index is 325. The van der Waals surface area contributed by atoms with E-state index in [4.69, 9.17) is 4.74 Å². The van der Waals surface area contributed by atoms with Crippen molar-refractivity contribution in [2.45, 2.75) is 38.3 Å². The molecule has 0 saturated carbocycles. The third-order valence-corrected chi connectivity index (χ3v) is 3.92. The van der Waals surface area contributed by atoms with Crippen molar-refractivity contribution in [2.75, 3.05) is 13.2 Å². The minimum atomic E-state index is 0. The van der Waals surface area contributed by atoms with Gasteiger partial charge in [0.1, 0.15) is 0 Å². The zero-order valence-corrected chi connectivity index (χ0v) is 13.5. The van der Waals surface area contributed by atoms with Crippen molar-refractivity contribution in [3.63, 3.8) is 0 Å². The predicted octanol–water partition coefficient (Wildman–Crippen LogP) is 3.76. The SMILES string of the molecule is Cl.Ic1ccc(COCCC2CCCCN2)cc1. The van der Waals surface area contributed by atoms with Crippen molar-refractivity contribution in [1.29, 1.82) is 0 Å². The first-order valence-corrected chi connectivity index (χ1v) is 7.48. The fourth-order valence-electron chi connectivity index (χ4n) is 2.17. The molecule has 0 amide bonds. The summed E-state index contributed by atoms with van der Waals surface area (Å²) in [5, 5.41) is 3.54. The third-order valence-electron chi connectivity index (χ3n) is 3.21. The Kier molecular flexibility index (Phi) is 8.22. The smallest absolute Gasteiger partial charge is 0.0716 e. The standard InChI is InChI=1S/C14H20INO.ClH/c15-13-6-4-12(5-7-13)11-17-10-8-14-3-1-2-9-16-14;/h4-7,14,16H,1-3,8-11H2;1H. The Morgan fingerprint density at radius 3 is 2.67 bits per heavy atom. The van der Waals surface area contributed by atoms with Gasteiger partial charge >= 0.3 is 0 Å². The first-order valence-electron chi connectivity index (χ1n) is 6.40. The number of piperidine rings is 1. The van der Waals surface area contributed by atoms with Gasteiger partial charge in [0.25, 0.3) is 0 Å². The molecule has 0 spiro atoms. The van der Waals surface area contributed by atoms with Gasteiger partial charge in [-0.05, 0) is 66.1 Å². The molecule has 1 aliphatic heterocycles. The quantitative estimate of drug-likeness (QED) is 0.619. The van der Waals surface area contributed by atoms with Crippen molar-refractivity contribution >= 4 is 35.0 Å². The van der Waals surface area contributed by atoms with E-state index in [-0.39, 0.29) is 12.4 Å². The topological polar surface area (TPSA) is 21.3 Å². The largest absolute Gasteiger partial charge is 0.377 e. The van der Waals surface area contributed by atoms with Gasteiger partial charge in [0.05, 0.1) is 6.61 Å². The van der Waals surface area contributed by atoms with E-state index in [1.807, 2.05) is 0 Å². The normalized spacial score (nSPS) is 19.3. The maximum atomic E-state index is 5.72. The second-order valence-corrected chi connectivity index (χ2v) is 5.86. The summed E-state index contributed by atoms with van der Waals surface area (Å²) in [7, 11) is 0. The molecular formula is C14H21ClINO. The maximum Gasteiger partial charge on any atom is 0.0716 e. The van der Waals surface area contributed by atoms with Gasteiger partial charge in [-0.1, -0.05) is 18.6 Å². The molecule has 2 nitrogen and oxygen atoms in total. The molecule has 0 radical (unpaired) electrons. The molecule has 0 aliphatic carbocycles. The molecular weight excluding hydrogens is 361 g/mol. The van der Waals surface area contributed by atoms with E-state index in [1.54, 1.807) is 0 Å². The van der Waals surface area contributed by atoms with Gasteiger partial charge < -0.3 is 10.1 Å². The minimum absolute atomic E-state index is 0. The van der Waals surface area contributed by atoms with Crippen LogP contribution in [-0.2, 0) is 11.3 Å². The Morgan fingerprint density at radius 2 is 2.00 bits per heavy atom. The molecule has 1 saturated heterocycles. The van der Waals surface area contributed by atoms with Gasteiger partial charge in [-0.3, -0.25) is 0 Å². The summed E-state index contributed by atoms with van der Waals surface area (Å²) in [5.74, 6) is 0. The summed E-state index contributed by atoms with van der Waals surface area (Å²) in [6.45, 7) is 2.79. The molecule has 1 aromatic carbocycles. The van der Waals surface area contributed by atoms with E-state index >= 15 is 0 Å². The van der Waals surface area contributed by atoms with Crippen LogP contribution in [0.15, 0.2) is 24.3 Å². The first kappa shape index (κ1) is 16.2. The number of halogens is 2. The average Bonchev–Trinajstić information content (AvgIpc) is 2.38. The van der Waals surface area contributed by atoms with Crippen LogP contribution in [0.4, 0.5) is 0 Å². The number of hydrogen-bond donors (Lipinski definition) is 1. The Hall–Kier alpha value is 0.160. The molecule has 4 heteroatoms. The lowest BCUT2D eigenvalue weighted by molar-refractivity contribution is 0.108. The van der Waals surface area contributed by atoms with Gasteiger partial charge in [0.15, 0.2) is 0 Å². The summed E-state index contributed by atoms with van der Waals surface area (Å²) in [4.78, 5) is 0. The van der Waals surface area contributed by atoms with E-state index in [1.165, 1.54) is 34.9 Å². The van der Waals surface area contributed by atoms with Crippen LogP contribution in [-0.4, -0.2) is 19.2 Å². The highest BCUT2D eigenvalue weighted by atomic mass is 127. The molecule has 0 aromatic heterocycles. The van der Waals surface area contributed by atoms with Crippen LogP contribution in [0.2, 0.25) is 0 Å². The van der Waals surface area contributed by atoms with Gasteiger partial charge in [0.2, 0.25) is 0 Å². The molecule has 102 valence electrons. The van der Waals surface area contributed by atoms with Crippen LogP contribution < -0.4 is 5.32 Å². The van der Waals surface area contributed by atoms with Crippen LogP contribution in [0.5, 0.6) is 0 Å². The first-order chi connectivity index (χ1) is 8.34. The molecule has 0 bridgehead atoms. The van der Waals surface area contributed by atoms with Crippen LogP contribution in [0.25, 0.3) is 0 Å². The highest BCUT2D eigenvalue weighted by molar-refractivity contribution is 14.1. The number of hydrogen-bond acceptors (Lipinski definition) is 2. The fraction of sp³-hybridized carbons (Fsp3) is 0.571. The number of benzene rings is 1. The third kappa shape index (κ3) is 5.87. The molecule has 1 unspecified atom stereocenters. The van der Waals surface area contributed by atoms with Crippen LogP contribution in [0.1, 0.15) is 31.2 Å². The van der Waals surface area contributed by atoms with Crippen LogP contribution in [0.3, 0.4) is 0 Å². The predicted molar refractivity (Wildman–Crippen MR) is 86.3 cm³/mol. The van der Waals surface area contributed by atoms with E-state index in [0.717, 1.165) is 19.6 Å². The number of nitrogens with one attached hydrogen (secondary N) is 1. The number of ether oxygens (including phenoxy) is 1. The highest BCUT2D eigenvalue weighted by Crippen LogP contribution is 2.11. The monoisotopic (exact) mass is 381 g/mol. The lowest BCUT2D eigenvalue weighted by Gasteiger charge is -2.23. The lowest BCUT2D eigenvalue weighted by Crippen LogP contribution is -2.34. The molecule has 1 heterocycles. The number of rotatable bonds is 5. The Balaban J connectivity index is 0.00000162. The Labute approximate surface area is 129 Å². The van der Waals surface area contributed by atoms with Gasteiger partial charge in [-0.25, -0.2) is 0 Å². The van der Waals surface area contributed by atoms with Crippen molar-refractivity contribution in [2.24, 2.45) is 0 Å². The van der Waals surface area contributed by atoms with Gasteiger partial charge in [-0.2, -0.15) is 0 Å². The highest BCUT2D eigenvalue weighted by Gasteiger charge is 2.11. The van der Waals surface area contributed by atoms with Crippen molar-refractivity contribution < 1.29 is 4.74 Å². The maximum absolute atomic E-state index is 5.72. The van der Waals surface area contributed by atoms with Crippen LogP contribution in [0, 0.1) is 3.57 Å². The molecule has 18 heavy (non-hydrogen) atoms. The summed E-state index contributed by atoms with van der Waals surface area (Å²) in [6.07, 6.45) is 5.16. The van der Waals surface area contributed by atoms with E-state index < -0.39 is 0 Å². The Morgan fingerprint density at radius 1 is 1.22 bits per heavy atom.